The normalized spacial score (nSPS) is 18.2. The molecule has 1 heterocycles. The van der Waals surface area contributed by atoms with Crippen molar-refractivity contribution >= 4 is 32.1 Å². The molecule has 1 aliphatic heterocycles. The highest BCUT2D eigenvalue weighted by molar-refractivity contribution is 7.93. The number of nitrogens with one attached hydrogen (secondary N) is 1. The van der Waals surface area contributed by atoms with Gasteiger partial charge in [-0.15, -0.1) is 0 Å². The largest absolute Gasteiger partial charge is 0.351 e. The molecule has 0 bridgehead atoms. The van der Waals surface area contributed by atoms with Gasteiger partial charge in [0.25, 0.3) is 10.0 Å². The second kappa shape index (κ2) is 6.28. The van der Waals surface area contributed by atoms with Gasteiger partial charge in [-0.3, -0.25) is 0 Å². The van der Waals surface area contributed by atoms with Crippen molar-refractivity contribution in [2.24, 2.45) is 11.0 Å². The molecule has 0 aromatic heterocycles. The predicted octanol–water partition coefficient (Wildman–Crippen LogP) is 0.816. The molecule has 0 spiro atoms. The maximum absolute atomic E-state index is 12.3. The number of hydrogen-bond donors (Lipinski definition) is 1. The monoisotopic (exact) mass is 359 g/mol. The third-order valence-electron chi connectivity index (χ3n) is 3.34. The molecule has 8 nitrogen and oxygen atoms in total. The summed E-state index contributed by atoms with van der Waals surface area (Å²) in [6.45, 7) is 2.21. The summed E-state index contributed by atoms with van der Waals surface area (Å²) >= 11 is 0. The lowest BCUT2D eigenvalue weighted by Crippen LogP contribution is -2.40. The van der Waals surface area contributed by atoms with E-state index in [4.69, 9.17) is 0 Å². The van der Waals surface area contributed by atoms with Crippen molar-refractivity contribution in [3.05, 3.63) is 24.3 Å². The summed E-state index contributed by atoms with van der Waals surface area (Å²) in [5.41, 5.74) is 0. The van der Waals surface area contributed by atoms with Crippen molar-refractivity contribution in [1.82, 2.24) is 9.73 Å². The van der Waals surface area contributed by atoms with E-state index in [-0.39, 0.29) is 17.4 Å². The fourth-order valence-electron chi connectivity index (χ4n) is 2.06. The lowest BCUT2D eigenvalue weighted by atomic mass is 10.1. The van der Waals surface area contributed by atoms with Gasteiger partial charge in [-0.2, -0.15) is 5.10 Å². The van der Waals surface area contributed by atoms with Gasteiger partial charge in [-0.25, -0.2) is 31.4 Å². The first kappa shape index (κ1) is 17.4. The van der Waals surface area contributed by atoms with E-state index >= 15 is 0 Å². The van der Waals surface area contributed by atoms with E-state index in [1.807, 2.05) is 11.6 Å². The minimum Gasteiger partial charge on any atom is -0.246 e. The number of nitrogens with zero attached hydrogens (tertiary/aromatic N) is 2. The lowest BCUT2D eigenvalue weighted by molar-refractivity contribution is 0.207. The van der Waals surface area contributed by atoms with Crippen LogP contribution in [0.2, 0.25) is 0 Å². The van der Waals surface area contributed by atoms with Crippen molar-refractivity contribution in [2.75, 3.05) is 12.8 Å². The number of hydrogen-bond acceptors (Lipinski definition) is 6. The zero-order chi connectivity index (χ0) is 17.3. The zero-order valence-electron chi connectivity index (χ0n) is 12.6. The van der Waals surface area contributed by atoms with Gasteiger partial charge in [0, 0.05) is 18.4 Å². The topological polar surface area (TPSA) is 113 Å². The molecule has 0 radical (unpaired) electrons. The van der Waals surface area contributed by atoms with Crippen molar-refractivity contribution in [3.63, 3.8) is 0 Å². The maximum Gasteiger partial charge on any atom is 0.351 e. The van der Waals surface area contributed by atoms with E-state index < -0.39 is 30.8 Å². The first-order valence-electron chi connectivity index (χ1n) is 6.82. The number of urea groups is 1. The van der Waals surface area contributed by atoms with Crippen LogP contribution in [0.1, 0.15) is 13.3 Å². The molecule has 1 aliphatic rings. The van der Waals surface area contributed by atoms with Crippen molar-refractivity contribution in [1.29, 1.82) is 0 Å². The van der Waals surface area contributed by atoms with E-state index in [0.29, 0.717) is 0 Å². The number of sulfonamides is 1. The summed E-state index contributed by atoms with van der Waals surface area (Å²) in [6, 6.07) is 4.19. The molecule has 1 atom stereocenters. The molecular formula is C13H17N3O5S2. The third kappa shape index (κ3) is 3.88. The summed E-state index contributed by atoms with van der Waals surface area (Å²) in [5.74, 6) is 0.0757. The SMILES string of the molecule is CCC1C=NN(C(=O)NS(=O)(=O)c2ccccc2S(C)(=O)=O)C1. The average molecular weight is 359 g/mol. The van der Waals surface area contributed by atoms with Gasteiger partial charge in [-0.1, -0.05) is 19.1 Å². The van der Waals surface area contributed by atoms with Gasteiger partial charge in [0.15, 0.2) is 9.84 Å². The van der Waals surface area contributed by atoms with Crippen molar-refractivity contribution < 1.29 is 21.6 Å². The molecule has 1 N–H and O–H groups in total. The standard InChI is InChI=1S/C13H17N3O5S2/c1-3-10-8-14-16(9-10)13(17)15-23(20,21)12-7-5-4-6-11(12)22(2,18)19/h4-8,10H,3,9H2,1-2H3,(H,15,17). The summed E-state index contributed by atoms with van der Waals surface area (Å²) < 4.78 is 50.0. The summed E-state index contributed by atoms with van der Waals surface area (Å²) in [6.07, 6.45) is 3.26. The van der Waals surface area contributed by atoms with Crippen molar-refractivity contribution in [3.8, 4) is 0 Å². The quantitative estimate of drug-likeness (QED) is 0.855. The maximum atomic E-state index is 12.3. The summed E-state index contributed by atoms with van der Waals surface area (Å²) in [4.78, 5) is 11.2. The molecule has 0 aliphatic carbocycles. The molecule has 2 amide bonds. The van der Waals surface area contributed by atoms with Crippen LogP contribution in [0.4, 0.5) is 4.79 Å². The second-order valence-corrected chi connectivity index (χ2v) is 8.78. The van der Waals surface area contributed by atoms with Crippen molar-refractivity contribution in [2.45, 2.75) is 23.1 Å². The van der Waals surface area contributed by atoms with Crippen LogP contribution in [0.25, 0.3) is 0 Å². The predicted molar refractivity (Wildman–Crippen MR) is 84.2 cm³/mol. The van der Waals surface area contributed by atoms with Gasteiger partial charge in [-0.05, 0) is 18.6 Å². The highest BCUT2D eigenvalue weighted by atomic mass is 32.2. The van der Waals surface area contributed by atoms with E-state index in [1.54, 1.807) is 6.21 Å². The molecule has 10 heteroatoms. The first-order valence-corrected chi connectivity index (χ1v) is 10.2. The van der Waals surface area contributed by atoms with Crippen LogP contribution >= 0.6 is 0 Å². The zero-order valence-corrected chi connectivity index (χ0v) is 14.3. The number of benzene rings is 1. The number of sulfone groups is 1. The minimum atomic E-state index is -4.33. The van der Waals surface area contributed by atoms with Gasteiger partial charge in [0.05, 0.1) is 11.4 Å². The molecule has 2 rings (SSSR count). The smallest absolute Gasteiger partial charge is 0.246 e. The molecule has 0 saturated carbocycles. The van der Waals surface area contributed by atoms with Crippen LogP contribution in [-0.4, -0.2) is 46.9 Å². The summed E-state index contributed by atoms with van der Waals surface area (Å²) in [7, 11) is -8.09. The van der Waals surface area contributed by atoms with E-state index in [2.05, 4.69) is 5.10 Å². The fourth-order valence-corrected chi connectivity index (χ4v) is 4.64. The Balaban J connectivity index is 2.27. The molecule has 1 aromatic carbocycles. The molecule has 1 aromatic rings. The Morgan fingerprint density at radius 3 is 2.39 bits per heavy atom. The Morgan fingerprint density at radius 1 is 1.26 bits per heavy atom. The van der Waals surface area contributed by atoms with Crippen LogP contribution < -0.4 is 4.72 Å². The Hall–Kier alpha value is -1.94. The van der Waals surface area contributed by atoms with E-state index in [0.717, 1.165) is 23.8 Å². The first-order chi connectivity index (χ1) is 10.6. The van der Waals surface area contributed by atoms with E-state index in [1.165, 1.54) is 18.2 Å². The number of amides is 2. The van der Waals surface area contributed by atoms with E-state index in [9.17, 15) is 21.6 Å². The molecular weight excluding hydrogens is 342 g/mol. The van der Waals surface area contributed by atoms with Gasteiger partial charge in [0.1, 0.15) is 4.90 Å². The van der Waals surface area contributed by atoms with Gasteiger partial charge in [0.2, 0.25) is 0 Å². The molecule has 1 unspecified atom stereocenters. The number of carbonyl (C=O) groups is 1. The number of hydrazone groups is 1. The lowest BCUT2D eigenvalue weighted by Gasteiger charge is -2.15. The van der Waals surface area contributed by atoms with Gasteiger partial charge < -0.3 is 0 Å². The molecule has 23 heavy (non-hydrogen) atoms. The molecule has 0 fully saturated rings. The van der Waals surface area contributed by atoms with Gasteiger partial charge >= 0.3 is 6.03 Å². The average Bonchev–Trinajstić information content (AvgIpc) is 2.95. The van der Waals surface area contributed by atoms with Crippen LogP contribution in [0.3, 0.4) is 0 Å². The molecule has 0 saturated heterocycles. The Kier molecular flexibility index (Phi) is 4.76. The highest BCUT2D eigenvalue weighted by Gasteiger charge is 2.29. The highest BCUT2D eigenvalue weighted by Crippen LogP contribution is 2.21. The summed E-state index contributed by atoms with van der Waals surface area (Å²) in [5, 5.41) is 4.86. The van der Waals surface area contributed by atoms with Crippen LogP contribution in [0, 0.1) is 5.92 Å². The van der Waals surface area contributed by atoms with Crippen LogP contribution in [0.5, 0.6) is 0 Å². The third-order valence-corrected chi connectivity index (χ3v) is 6.01. The Labute approximate surface area is 135 Å². The number of rotatable bonds is 4. The Bertz CT molecular complexity index is 846. The Morgan fingerprint density at radius 2 is 1.87 bits per heavy atom. The second-order valence-electron chi connectivity index (χ2n) is 5.14. The minimum absolute atomic E-state index is 0.0757. The number of carbonyl (C=O) groups excluding carboxylic acids is 1. The van der Waals surface area contributed by atoms with Crippen LogP contribution in [0.15, 0.2) is 39.2 Å². The fraction of sp³-hybridized carbons (Fsp3) is 0.385. The molecule has 126 valence electrons. The van der Waals surface area contributed by atoms with Crippen LogP contribution in [-0.2, 0) is 19.9 Å².